The van der Waals surface area contributed by atoms with E-state index < -0.39 is 0 Å². The van der Waals surface area contributed by atoms with Gasteiger partial charge in [-0.25, -0.2) is 0 Å². The number of aryl methyl sites for hydroxylation is 2. The first-order valence-electron chi connectivity index (χ1n) is 5.55. The van der Waals surface area contributed by atoms with E-state index in [1.807, 2.05) is 13.2 Å². The predicted molar refractivity (Wildman–Crippen MR) is 62.9 cm³/mol. The average Bonchev–Trinajstić information content (AvgIpc) is 2.65. The molecule has 0 aliphatic carbocycles. The largest absolute Gasteiger partial charge is 0.359 e. The molecule has 0 spiro atoms. The lowest BCUT2D eigenvalue weighted by Gasteiger charge is -2.12. The Bertz CT molecular complexity index is 359. The normalized spacial score (nSPS) is 12.5. The second-order valence-electron chi connectivity index (χ2n) is 3.88. The number of carbonyl (C=O) groups excluding carboxylic acids is 1. The van der Waals surface area contributed by atoms with Crippen molar-refractivity contribution in [1.29, 1.82) is 0 Å². The third-order valence-corrected chi connectivity index (χ3v) is 2.69. The molecule has 0 aromatic carbocycles. The highest BCUT2D eigenvalue weighted by molar-refractivity contribution is 5.78. The topological polar surface area (TPSA) is 72.9 Å². The summed E-state index contributed by atoms with van der Waals surface area (Å²) in [5, 5.41) is 6.98. The first-order valence-corrected chi connectivity index (χ1v) is 5.55. The Kier molecular flexibility index (Phi) is 4.49. The lowest BCUT2D eigenvalue weighted by molar-refractivity contribution is -0.124. The van der Waals surface area contributed by atoms with Crippen molar-refractivity contribution in [2.75, 3.05) is 13.6 Å². The van der Waals surface area contributed by atoms with E-state index in [2.05, 4.69) is 17.3 Å². The highest BCUT2D eigenvalue weighted by Crippen LogP contribution is 2.13. The Labute approximate surface area is 96.0 Å². The zero-order valence-electron chi connectivity index (χ0n) is 10.2. The Morgan fingerprint density at radius 3 is 2.88 bits per heavy atom. The van der Waals surface area contributed by atoms with Gasteiger partial charge >= 0.3 is 0 Å². The molecule has 1 rings (SSSR count). The second kappa shape index (κ2) is 5.65. The fourth-order valence-corrected chi connectivity index (χ4v) is 1.80. The maximum Gasteiger partial charge on any atom is 0.224 e. The van der Waals surface area contributed by atoms with Gasteiger partial charge in [0.2, 0.25) is 5.91 Å². The molecule has 1 heterocycles. The van der Waals surface area contributed by atoms with Crippen LogP contribution in [-0.2, 0) is 24.7 Å². The molecule has 3 N–H and O–H groups in total. The number of nitrogens with one attached hydrogen (secondary N) is 1. The third kappa shape index (κ3) is 2.82. The van der Waals surface area contributed by atoms with Crippen LogP contribution in [0.25, 0.3) is 0 Å². The molecular weight excluding hydrogens is 204 g/mol. The lowest BCUT2D eigenvalue weighted by atomic mass is 9.98. The number of hydrogen-bond donors (Lipinski definition) is 2. The van der Waals surface area contributed by atoms with Crippen LogP contribution in [0.1, 0.15) is 18.2 Å². The Balaban J connectivity index is 2.80. The van der Waals surface area contributed by atoms with Crippen molar-refractivity contribution < 1.29 is 4.79 Å². The first kappa shape index (κ1) is 12.7. The second-order valence-corrected chi connectivity index (χ2v) is 3.88. The van der Waals surface area contributed by atoms with Crippen LogP contribution in [0, 0.1) is 5.92 Å². The SMILES string of the molecule is CCc1nn(C)cc1CC(CN)C(=O)NC. The molecule has 1 aromatic rings. The summed E-state index contributed by atoms with van der Waals surface area (Å²) in [6.07, 6.45) is 3.50. The Morgan fingerprint density at radius 2 is 2.38 bits per heavy atom. The van der Waals surface area contributed by atoms with E-state index >= 15 is 0 Å². The van der Waals surface area contributed by atoms with Crippen LogP contribution in [0.3, 0.4) is 0 Å². The Morgan fingerprint density at radius 1 is 1.69 bits per heavy atom. The third-order valence-electron chi connectivity index (χ3n) is 2.69. The zero-order chi connectivity index (χ0) is 12.1. The number of nitrogens with zero attached hydrogens (tertiary/aromatic N) is 2. The minimum Gasteiger partial charge on any atom is -0.359 e. The number of aromatic nitrogens is 2. The molecule has 0 fully saturated rings. The maximum atomic E-state index is 11.5. The minimum absolute atomic E-state index is 0.00611. The monoisotopic (exact) mass is 224 g/mol. The van der Waals surface area contributed by atoms with Gasteiger partial charge in [0.1, 0.15) is 0 Å². The van der Waals surface area contributed by atoms with Crippen molar-refractivity contribution in [3.63, 3.8) is 0 Å². The quantitative estimate of drug-likeness (QED) is 0.730. The highest BCUT2D eigenvalue weighted by atomic mass is 16.1. The number of rotatable bonds is 5. The molecular formula is C11H20N4O. The van der Waals surface area contributed by atoms with Gasteiger partial charge in [-0.3, -0.25) is 9.48 Å². The van der Waals surface area contributed by atoms with Crippen molar-refractivity contribution in [3.05, 3.63) is 17.5 Å². The maximum absolute atomic E-state index is 11.5. The van der Waals surface area contributed by atoms with Crippen molar-refractivity contribution >= 4 is 5.91 Å². The fourth-order valence-electron chi connectivity index (χ4n) is 1.80. The van der Waals surface area contributed by atoms with Crippen molar-refractivity contribution in [2.45, 2.75) is 19.8 Å². The van der Waals surface area contributed by atoms with Gasteiger partial charge in [0, 0.05) is 26.8 Å². The van der Waals surface area contributed by atoms with Gasteiger partial charge in [-0.2, -0.15) is 5.10 Å². The fraction of sp³-hybridized carbons (Fsp3) is 0.636. The van der Waals surface area contributed by atoms with Crippen LogP contribution >= 0.6 is 0 Å². The summed E-state index contributed by atoms with van der Waals surface area (Å²) in [4.78, 5) is 11.5. The van der Waals surface area contributed by atoms with Gasteiger partial charge in [0.05, 0.1) is 11.6 Å². The molecule has 90 valence electrons. The zero-order valence-corrected chi connectivity index (χ0v) is 10.2. The van der Waals surface area contributed by atoms with Gasteiger partial charge in [-0.1, -0.05) is 6.92 Å². The molecule has 5 nitrogen and oxygen atoms in total. The van der Waals surface area contributed by atoms with E-state index in [0.717, 1.165) is 17.7 Å². The number of hydrogen-bond acceptors (Lipinski definition) is 3. The smallest absolute Gasteiger partial charge is 0.224 e. The predicted octanol–water partition coefficient (Wildman–Crippen LogP) is -0.154. The van der Waals surface area contributed by atoms with Gasteiger partial charge in [-0.15, -0.1) is 0 Å². The number of nitrogens with two attached hydrogens (primary N) is 1. The molecule has 1 aromatic heterocycles. The Hall–Kier alpha value is -1.36. The average molecular weight is 224 g/mol. The minimum atomic E-state index is -0.167. The van der Waals surface area contributed by atoms with E-state index in [4.69, 9.17) is 5.73 Å². The number of carbonyl (C=O) groups is 1. The molecule has 5 heteroatoms. The summed E-state index contributed by atoms with van der Waals surface area (Å²) in [7, 11) is 3.52. The van der Waals surface area contributed by atoms with Crippen LogP contribution in [0.2, 0.25) is 0 Å². The van der Waals surface area contributed by atoms with E-state index in [9.17, 15) is 4.79 Å². The van der Waals surface area contributed by atoms with E-state index in [-0.39, 0.29) is 11.8 Å². The summed E-state index contributed by atoms with van der Waals surface area (Å²) in [6.45, 7) is 2.42. The lowest BCUT2D eigenvalue weighted by Crippen LogP contribution is -2.34. The molecule has 0 aliphatic rings. The van der Waals surface area contributed by atoms with Gasteiger partial charge in [0.25, 0.3) is 0 Å². The molecule has 1 unspecified atom stereocenters. The van der Waals surface area contributed by atoms with Crippen LogP contribution in [0.5, 0.6) is 0 Å². The summed E-state index contributed by atoms with van der Waals surface area (Å²) in [6, 6.07) is 0. The molecule has 1 amide bonds. The first-order chi connectivity index (χ1) is 7.62. The van der Waals surface area contributed by atoms with Crippen molar-refractivity contribution in [2.24, 2.45) is 18.7 Å². The van der Waals surface area contributed by atoms with Crippen LogP contribution < -0.4 is 11.1 Å². The summed E-state index contributed by atoms with van der Waals surface area (Å²) >= 11 is 0. The molecule has 0 saturated heterocycles. The van der Waals surface area contributed by atoms with Crippen LogP contribution in [-0.4, -0.2) is 29.3 Å². The van der Waals surface area contributed by atoms with Gasteiger partial charge in [0.15, 0.2) is 0 Å². The van der Waals surface area contributed by atoms with E-state index in [1.54, 1.807) is 11.7 Å². The molecule has 0 saturated carbocycles. The molecule has 0 bridgehead atoms. The van der Waals surface area contributed by atoms with Crippen LogP contribution in [0.15, 0.2) is 6.20 Å². The highest BCUT2D eigenvalue weighted by Gasteiger charge is 2.18. The van der Waals surface area contributed by atoms with Gasteiger partial charge in [-0.05, 0) is 18.4 Å². The van der Waals surface area contributed by atoms with Gasteiger partial charge < -0.3 is 11.1 Å². The summed E-state index contributed by atoms with van der Waals surface area (Å²) < 4.78 is 1.78. The molecule has 0 aliphatic heterocycles. The van der Waals surface area contributed by atoms with Crippen LogP contribution in [0.4, 0.5) is 0 Å². The number of amides is 1. The molecule has 1 atom stereocenters. The standard InChI is InChI=1S/C11H20N4O/c1-4-10-9(7-15(3)14-10)5-8(6-12)11(16)13-2/h7-8H,4-6,12H2,1-3H3,(H,13,16). The summed E-state index contributed by atoms with van der Waals surface area (Å²) in [5.74, 6) is -0.173. The summed E-state index contributed by atoms with van der Waals surface area (Å²) in [5.41, 5.74) is 7.77. The molecule has 16 heavy (non-hydrogen) atoms. The van der Waals surface area contributed by atoms with E-state index in [0.29, 0.717) is 13.0 Å². The molecule has 0 radical (unpaired) electrons. The van der Waals surface area contributed by atoms with Crippen molar-refractivity contribution in [1.82, 2.24) is 15.1 Å². The van der Waals surface area contributed by atoms with Crippen molar-refractivity contribution in [3.8, 4) is 0 Å². The van der Waals surface area contributed by atoms with E-state index in [1.165, 1.54) is 0 Å².